The van der Waals surface area contributed by atoms with E-state index in [-0.39, 0.29) is 11.8 Å². The molecule has 5 rings (SSSR count). The molecule has 1 aromatic carbocycles. The molecule has 8 nitrogen and oxygen atoms in total. The number of rotatable bonds is 6. The third kappa shape index (κ3) is 4.05. The molecule has 3 heterocycles. The summed E-state index contributed by atoms with van der Waals surface area (Å²) in [5.74, 6) is 1.59. The number of H-pyrrole nitrogens is 1. The van der Waals surface area contributed by atoms with Gasteiger partial charge in [-0.05, 0) is 60.0 Å². The van der Waals surface area contributed by atoms with Crippen LogP contribution in [0.4, 0.5) is 17.5 Å². The van der Waals surface area contributed by atoms with Crippen molar-refractivity contribution in [2.45, 2.75) is 29.7 Å². The average molecular weight is 484 g/mol. The Morgan fingerprint density at radius 1 is 1.27 bits per heavy atom. The fourth-order valence-corrected chi connectivity index (χ4v) is 4.26. The second-order valence-electron chi connectivity index (χ2n) is 7.14. The SMILES string of the molecule is Cc1cc(Nc2nc(Sc3ccc(NC(=O)C4CC4)cc3)cc3ncc(Br)n23)n[nH]1. The van der Waals surface area contributed by atoms with Gasteiger partial charge < -0.3 is 10.6 Å². The van der Waals surface area contributed by atoms with Gasteiger partial charge in [0.1, 0.15) is 15.3 Å². The van der Waals surface area contributed by atoms with Gasteiger partial charge in [-0.1, -0.05) is 11.8 Å². The maximum Gasteiger partial charge on any atom is 0.227 e. The van der Waals surface area contributed by atoms with E-state index in [9.17, 15) is 4.79 Å². The molecule has 1 fully saturated rings. The van der Waals surface area contributed by atoms with Crippen molar-refractivity contribution in [3.05, 3.63) is 52.9 Å². The molecule has 3 aromatic heterocycles. The largest absolute Gasteiger partial charge is 0.326 e. The van der Waals surface area contributed by atoms with Crippen LogP contribution in [-0.4, -0.2) is 30.5 Å². The summed E-state index contributed by atoms with van der Waals surface area (Å²) in [5, 5.41) is 14.1. The van der Waals surface area contributed by atoms with Crippen LogP contribution in [0.25, 0.3) is 5.65 Å². The van der Waals surface area contributed by atoms with E-state index in [0.29, 0.717) is 11.8 Å². The molecule has 1 aliphatic carbocycles. The molecule has 0 atom stereocenters. The second kappa shape index (κ2) is 7.77. The van der Waals surface area contributed by atoms with Crippen LogP contribution >= 0.6 is 27.7 Å². The predicted octanol–water partition coefficient (Wildman–Crippen LogP) is 4.77. The Labute approximate surface area is 185 Å². The summed E-state index contributed by atoms with van der Waals surface area (Å²) in [6.07, 6.45) is 3.72. The maximum absolute atomic E-state index is 11.9. The van der Waals surface area contributed by atoms with Crippen LogP contribution in [0.2, 0.25) is 0 Å². The molecule has 1 saturated carbocycles. The zero-order valence-electron chi connectivity index (χ0n) is 16.0. The lowest BCUT2D eigenvalue weighted by atomic mass is 10.3. The third-order valence-electron chi connectivity index (χ3n) is 4.66. The predicted molar refractivity (Wildman–Crippen MR) is 119 cm³/mol. The quantitative estimate of drug-likeness (QED) is 0.341. The number of halogens is 1. The van der Waals surface area contributed by atoms with E-state index in [2.05, 4.69) is 41.7 Å². The van der Waals surface area contributed by atoms with E-state index in [0.717, 1.165) is 44.4 Å². The van der Waals surface area contributed by atoms with E-state index in [4.69, 9.17) is 4.98 Å². The van der Waals surface area contributed by atoms with Gasteiger partial charge in [0.2, 0.25) is 11.9 Å². The molecular weight excluding hydrogens is 466 g/mol. The van der Waals surface area contributed by atoms with Crippen molar-refractivity contribution in [3.63, 3.8) is 0 Å². The lowest BCUT2D eigenvalue weighted by Crippen LogP contribution is -2.12. The Kier molecular flexibility index (Phi) is 4.95. The number of imidazole rings is 1. The van der Waals surface area contributed by atoms with Crippen LogP contribution < -0.4 is 10.6 Å². The number of benzene rings is 1. The fourth-order valence-electron chi connectivity index (χ4n) is 3.00. The number of hydrogen-bond donors (Lipinski definition) is 3. The minimum absolute atomic E-state index is 0.108. The standard InChI is InChI=1S/C20H18BrN7OS/c1-11-8-16(27-26-11)24-20-25-18(9-17-22-10-15(21)28(17)20)30-14-6-4-13(5-7-14)23-19(29)12-2-3-12/h4-10,12H,2-3H2,1H3,(H,23,29)(H2,24,25,26,27). The summed E-state index contributed by atoms with van der Waals surface area (Å²) in [4.78, 5) is 22.1. The van der Waals surface area contributed by atoms with Gasteiger partial charge in [-0.3, -0.25) is 14.3 Å². The molecule has 0 bridgehead atoms. The zero-order valence-corrected chi connectivity index (χ0v) is 18.4. The highest BCUT2D eigenvalue weighted by atomic mass is 79.9. The van der Waals surface area contributed by atoms with Crippen LogP contribution in [-0.2, 0) is 4.79 Å². The molecule has 0 saturated heterocycles. The van der Waals surface area contributed by atoms with E-state index in [1.54, 1.807) is 6.20 Å². The number of carbonyl (C=O) groups excluding carboxylic acids is 1. The van der Waals surface area contributed by atoms with Crippen molar-refractivity contribution < 1.29 is 4.79 Å². The summed E-state index contributed by atoms with van der Waals surface area (Å²) >= 11 is 5.05. The fraction of sp³-hybridized carbons (Fsp3) is 0.200. The van der Waals surface area contributed by atoms with E-state index in [1.165, 1.54) is 11.8 Å². The molecule has 4 aromatic rings. The molecule has 0 unspecified atom stereocenters. The Morgan fingerprint density at radius 3 is 2.77 bits per heavy atom. The van der Waals surface area contributed by atoms with Crippen LogP contribution in [0.3, 0.4) is 0 Å². The average Bonchev–Trinajstić information content (AvgIpc) is 3.41. The van der Waals surface area contributed by atoms with E-state index >= 15 is 0 Å². The number of carbonyl (C=O) groups is 1. The molecular formula is C20H18BrN7OS. The van der Waals surface area contributed by atoms with Crippen molar-refractivity contribution in [1.29, 1.82) is 0 Å². The first-order chi connectivity index (χ1) is 14.5. The van der Waals surface area contributed by atoms with E-state index in [1.807, 2.05) is 47.7 Å². The maximum atomic E-state index is 11.9. The van der Waals surface area contributed by atoms with Crippen molar-refractivity contribution >= 4 is 56.7 Å². The van der Waals surface area contributed by atoms with Gasteiger partial charge in [0.05, 0.1) is 6.20 Å². The molecule has 1 amide bonds. The summed E-state index contributed by atoms with van der Waals surface area (Å²) < 4.78 is 2.68. The Hall–Kier alpha value is -2.85. The molecule has 3 N–H and O–H groups in total. The highest BCUT2D eigenvalue weighted by molar-refractivity contribution is 9.10. The van der Waals surface area contributed by atoms with Crippen LogP contribution in [0.1, 0.15) is 18.5 Å². The van der Waals surface area contributed by atoms with Gasteiger partial charge in [0, 0.05) is 34.3 Å². The number of aryl methyl sites for hydroxylation is 1. The molecule has 10 heteroatoms. The van der Waals surface area contributed by atoms with Crippen molar-refractivity contribution in [1.82, 2.24) is 24.6 Å². The number of aromatic amines is 1. The van der Waals surface area contributed by atoms with Gasteiger partial charge in [0.25, 0.3) is 0 Å². The summed E-state index contributed by atoms with van der Waals surface area (Å²) in [6, 6.07) is 11.6. The first kappa shape index (κ1) is 19.1. The number of nitrogens with zero attached hydrogens (tertiary/aromatic N) is 4. The van der Waals surface area contributed by atoms with E-state index < -0.39 is 0 Å². The number of aromatic nitrogens is 5. The molecule has 0 aliphatic heterocycles. The number of fused-ring (bicyclic) bond motifs is 1. The van der Waals surface area contributed by atoms with Gasteiger partial charge in [0.15, 0.2) is 5.82 Å². The molecule has 152 valence electrons. The summed E-state index contributed by atoms with van der Waals surface area (Å²) in [6.45, 7) is 1.94. The smallest absolute Gasteiger partial charge is 0.227 e. The van der Waals surface area contributed by atoms with Gasteiger partial charge in [-0.25, -0.2) is 9.97 Å². The highest BCUT2D eigenvalue weighted by Crippen LogP contribution is 2.32. The Balaban J connectivity index is 1.39. The monoisotopic (exact) mass is 483 g/mol. The molecule has 30 heavy (non-hydrogen) atoms. The Morgan fingerprint density at radius 2 is 2.07 bits per heavy atom. The summed E-state index contributed by atoms with van der Waals surface area (Å²) in [7, 11) is 0. The topological polar surface area (TPSA) is 100 Å². The number of hydrogen-bond acceptors (Lipinski definition) is 6. The van der Waals surface area contributed by atoms with Crippen molar-refractivity contribution in [3.8, 4) is 0 Å². The highest BCUT2D eigenvalue weighted by Gasteiger charge is 2.29. The number of nitrogens with one attached hydrogen (secondary N) is 3. The second-order valence-corrected chi connectivity index (χ2v) is 9.05. The Bertz CT molecular complexity index is 1230. The van der Waals surface area contributed by atoms with Gasteiger partial charge in [-0.2, -0.15) is 5.10 Å². The summed E-state index contributed by atoms with van der Waals surface area (Å²) in [5.41, 5.74) is 2.54. The third-order valence-corrected chi connectivity index (χ3v) is 6.15. The molecule has 1 aliphatic rings. The molecule has 0 radical (unpaired) electrons. The molecule has 0 spiro atoms. The lowest BCUT2D eigenvalue weighted by Gasteiger charge is -2.10. The van der Waals surface area contributed by atoms with Crippen molar-refractivity contribution in [2.24, 2.45) is 5.92 Å². The van der Waals surface area contributed by atoms with Crippen LogP contribution in [0, 0.1) is 12.8 Å². The first-order valence-corrected chi connectivity index (χ1v) is 11.1. The normalized spacial score (nSPS) is 13.5. The van der Waals surface area contributed by atoms with Gasteiger partial charge in [-0.15, -0.1) is 0 Å². The van der Waals surface area contributed by atoms with Gasteiger partial charge >= 0.3 is 0 Å². The lowest BCUT2D eigenvalue weighted by molar-refractivity contribution is -0.117. The zero-order chi connectivity index (χ0) is 20.7. The minimum Gasteiger partial charge on any atom is -0.326 e. The van der Waals surface area contributed by atoms with Crippen LogP contribution in [0.5, 0.6) is 0 Å². The first-order valence-electron chi connectivity index (χ1n) is 9.47. The number of amides is 1. The van der Waals surface area contributed by atoms with Crippen LogP contribution in [0.15, 0.2) is 57.1 Å². The number of anilines is 3. The minimum atomic E-state index is 0.108. The van der Waals surface area contributed by atoms with Crippen molar-refractivity contribution in [2.75, 3.05) is 10.6 Å².